The van der Waals surface area contributed by atoms with Crippen molar-refractivity contribution < 1.29 is 0 Å². The number of piperidine rings is 1. The van der Waals surface area contributed by atoms with Crippen molar-refractivity contribution in [2.24, 2.45) is 5.92 Å². The molecule has 1 saturated heterocycles. The Morgan fingerprint density at radius 3 is 2.83 bits per heavy atom. The van der Waals surface area contributed by atoms with Crippen LogP contribution in [-0.2, 0) is 6.42 Å². The van der Waals surface area contributed by atoms with Crippen LogP contribution in [0.25, 0.3) is 0 Å². The maximum Gasteiger partial charge on any atom is 0.244 e. The molecule has 1 aliphatic rings. The van der Waals surface area contributed by atoms with Gasteiger partial charge < -0.3 is 10.2 Å². The number of rotatable bonds is 6. The largest absolute Gasteiger partial charge is 0.340 e. The standard InChI is InChI=1S/C13H25N5/c1-3-4-5-12-15-13(17-16-12)18-8-6-11(7-9-18)10-14-2/h11,14H,3-10H2,1-2H3,(H,15,16,17). The summed E-state index contributed by atoms with van der Waals surface area (Å²) in [5.74, 6) is 2.73. The van der Waals surface area contributed by atoms with Gasteiger partial charge in [0.15, 0.2) is 0 Å². The molecule has 0 aromatic carbocycles. The lowest BCUT2D eigenvalue weighted by atomic mass is 9.97. The average molecular weight is 251 g/mol. The quantitative estimate of drug-likeness (QED) is 0.806. The van der Waals surface area contributed by atoms with Crippen LogP contribution in [0.15, 0.2) is 0 Å². The summed E-state index contributed by atoms with van der Waals surface area (Å²) >= 11 is 0. The maximum absolute atomic E-state index is 4.59. The summed E-state index contributed by atoms with van der Waals surface area (Å²) in [6.45, 7) is 5.49. The third-order valence-corrected chi connectivity index (χ3v) is 3.68. The predicted octanol–water partition coefficient (Wildman–Crippen LogP) is 1.58. The Morgan fingerprint density at radius 1 is 1.39 bits per heavy atom. The van der Waals surface area contributed by atoms with Crippen molar-refractivity contribution >= 4 is 5.95 Å². The molecule has 0 unspecified atom stereocenters. The van der Waals surface area contributed by atoms with Gasteiger partial charge in [0.25, 0.3) is 0 Å². The Kier molecular flexibility index (Phi) is 4.99. The highest BCUT2D eigenvalue weighted by Gasteiger charge is 2.21. The molecule has 0 aliphatic carbocycles. The van der Waals surface area contributed by atoms with Crippen molar-refractivity contribution in [1.29, 1.82) is 0 Å². The normalized spacial score (nSPS) is 17.3. The van der Waals surface area contributed by atoms with Crippen LogP contribution in [0.5, 0.6) is 0 Å². The number of nitrogens with one attached hydrogen (secondary N) is 2. The fourth-order valence-electron chi connectivity index (χ4n) is 2.51. The van der Waals surface area contributed by atoms with Crippen LogP contribution in [-0.4, -0.2) is 41.9 Å². The van der Waals surface area contributed by atoms with E-state index in [4.69, 9.17) is 0 Å². The van der Waals surface area contributed by atoms with Crippen LogP contribution in [0, 0.1) is 5.92 Å². The Hall–Kier alpha value is -1.10. The smallest absolute Gasteiger partial charge is 0.244 e. The van der Waals surface area contributed by atoms with Gasteiger partial charge in [0.2, 0.25) is 5.95 Å². The molecular formula is C13H25N5. The molecule has 0 atom stereocenters. The van der Waals surface area contributed by atoms with Crippen LogP contribution in [0.3, 0.4) is 0 Å². The molecule has 1 aliphatic heterocycles. The second-order valence-electron chi connectivity index (χ2n) is 5.17. The molecule has 0 saturated carbocycles. The van der Waals surface area contributed by atoms with E-state index in [1.807, 2.05) is 7.05 Å². The van der Waals surface area contributed by atoms with E-state index in [1.165, 1.54) is 25.7 Å². The average Bonchev–Trinajstić information content (AvgIpc) is 2.86. The van der Waals surface area contributed by atoms with E-state index >= 15 is 0 Å². The van der Waals surface area contributed by atoms with Gasteiger partial charge in [-0.3, -0.25) is 5.10 Å². The molecule has 2 heterocycles. The van der Waals surface area contributed by atoms with Crippen LogP contribution in [0.1, 0.15) is 38.4 Å². The van der Waals surface area contributed by atoms with Crippen molar-refractivity contribution in [3.8, 4) is 0 Å². The molecule has 1 aromatic heterocycles. The molecule has 102 valence electrons. The number of anilines is 1. The molecule has 1 aromatic rings. The Labute approximate surface area is 109 Å². The number of unbranched alkanes of at least 4 members (excludes halogenated alkanes) is 1. The number of hydrogen-bond donors (Lipinski definition) is 2. The summed E-state index contributed by atoms with van der Waals surface area (Å²) < 4.78 is 0. The molecule has 0 bridgehead atoms. The monoisotopic (exact) mass is 251 g/mol. The summed E-state index contributed by atoms with van der Waals surface area (Å²) in [5, 5.41) is 10.7. The van der Waals surface area contributed by atoms with E-state index in [1.54, 1.807) is 0 Å². The predicted molar refractivity (Wildman–Crippen MR) is 73.9 cm³/mol. The van der Waals surface area contributed by atoms with Crippen molar-refractivity contribution in [3.05, 3.63) is 5.82 Å². The minimum Gasteiger partial charge on any atom is -0.340 e. The molecule has 5 nitrogen and oxygen atoms in total. The number of hydrogen-bond acceptors (Lipinski definition) is 4. The number of aromatic nitrogens is 3. The SMILES string of the molecule is CCCCc1nc(N2CCC(CNC)CC2)n[nH]1. The van der Waals surface area contributed by atoms with Gasteiger partial charge in [-0.1, -0.05) is 13.3 Å². The summed E-state index contributed by atoms with van der Waals surface area (Å²) in [7, 11) is 2.03. The molecule has 1 fully saturated rings. The Morgan fingerprint density at radius 2 is 2.17 bits per heavy atom. The van der Waals surface area contributed by atoms with Crippen molar-refractivity contribution in [3.63, 3.8) is 0 Å². The van der Waals surface area contributed by atoms with Gasteiger partial charge in [-0.2, -0.15) is 4.98 Å². The molecular weight excluding hydrogens is 226 g/mol. The highest BCUT2D eigenvalue weighted by molar-refractivity contribution is 5.29. The van der Waals surface area contributed by atoms with E-state index < -0.39 is 0 Å². The highest BCUT2D eigenvalue weighted by Crippen LogP contribution is 2.20. The molecule has 0 amide bonds. The lowest BCUT2D eigenvalue weighted by molar-refractivity contribution is 0.391. The first kappa shape index (κ1) is 13.3. The van der Waals surface area contributed by atoms with Gasteiger partial charge in [0, 0.05) is 19.5 Å². The van der Waals surface area contributed by atoms with E-state index in [0.29, 0.717) is 0 Å². The first-order chi connectivity index (χ1) is 8.83. The van der Waals surface area contributed by atoms with Gasteiger partial charge in [-0.05, 0) is 38.8 Å². The third kappa shape index (κ3) is 3.45. The van der Waals surface area contributed by atoms with Gasteiger partial charge in [-0.25, -0.2) is 0 Å². The van der Waals surface area contributed by atoms with Crippen molar-refractivity contribution in [2.45, 2.75) is 39.0 Å². The van der Waals surface area contributed by atoms with Crippen molar-refractivity contribution in [1.82, 2.24) is 20.5 Å². The zero-order chi connectivity index (χ0) is 12.8. The fraction of sp³-hybridized carbons (Fsp3) is 0.846. The molecule has 0 radical (unpaired) electrons. The topological polar surface area (TPSA) is 56.8 Å². The van der Waals surface area contributed by atoms with Gasteiger partial charge in [0.05, 0.1) is 0 Å². The molecule has 18 heavy (non-hydrogen) atoms. The van der Waals surface area contributed by atoms with Gasteiger partial charge in [0.1, 0.15) is 5.82 Å². The number of aromatic amines is 1. The second kappa shape index (κ2) is 6.73. The zero-order valence-electron chi connectivity index (χ0n) is 11.6. The maximum atomic E-state index is 4.59. The van der Waals surface area contributed by atoms with Crippen LogP contribution in [0.2, 0.25) is 0 Å². The lowest BCUT2D eigenvalue weighted by Crippen LogP contribution is -2.37. The Balaban J connectivity index is 1.83. The van der Waals surface area contributed by atoms with Gasteiger partial charge >= 0.3 is 0 Å². The van der Waals surface area contributed by atoms with Crippen LogP contribution >= 0.6 is 0 Å². The Bertz CT molecular complexity index is 341. The van der Waals surface area contributed by atoms with Gasteiger partial charge in [-0.15, -0.1) is 5.10 Å². The highest BCUT2D eigenvalue weighted by atomic mass is 15.4. The van der Waals surface area contributed by atoms with Crippen molar-refractivity contribution in [2.75, 3.05) is 31.6 Å². The number of nitrogens with zero attached hydrogens (tertiary/aromatic N) is 3. The van der Waals surface area contributed by atoms with Crippen LogP contribution in [0.4, 0.5) is 5.95 Å². The minimum absolute atomic E-state index is 0.810. The second-order valence-corrected chi connectivity index (χ2v) is 5.17. The number of H-pyrrole nitrogens is 1. The van der Waals surface area contributed by atoms with E-state index in [-0.39, 0.29) is 0 Å². The molecule has 0 spiro atoms. The summed E-state index contributed by atoms with van der Waals surface area (Å²) in [5.41, 5.74) is 0. The molecule has 5 heteroatoms. The van der Waals surface area contributed by atoms with E-state index in [0.717, 1.165) is 43.7 Å². The minimum atomic E-state index is 0.810. The zero-order valence-corrected chi connectivity index (χ0v) is 11.6. The number of aryl methyl sites for hydroxylation is 1. The third-order valence-electron chi connectivity index (χ3n) is 3.68. The molecule has 2 rings (SSSR count). The van der Waals surface area contributed by atoms with E-state index in [2.05, 4.69) is 32.3 Å². The summed E-state index contributed by atoms with van der Waals surface area (Å²) in [4.78, 5) is 6.89. The summed E-state index contributed by atoms with van der Waals surface area (Å²) in [6.07, 6.45) is 5.86. The molecule has 2 N–H and O–H groups in total. The fourth-order valence-corrected chi connectivity index (χ4v) is 2.51. The van der Waals surface area contributed by atoms with Crippen LogP contribution < -0.4 is 10.2 Å². The lowest BCUT2D eigenvalue weighted by Gasteiger charge is -2.30. The first-order valence-corrected chi connectivity index (χ1v) is 7.14. The first-order valence-electron chi connectivity index (χ1n) is 7.14. The van der Waals surface area contributed by atoms with E-state index in [9.17, 15) is 0 Å². The summed E-state index contributed by atoms with van der Waals surface area (Å²) in [6, 6.07) is 0.